The normalized spacial score (nSPS) is 15.6. The van der Waals surface area contributed by atoms with Crippen LogP contribution in [0, 0.1) is 0 Å². The van der Waals surface area contributed by atoms with Gasteiger partial charge < -0.3 is 10.1 Å². The van der Waals surface area contributed by atoms with E-state index in [4.69, 9.17) is 4.74 Å². The van der Waals surface area contributed by atoms with Crippen LogP contribution in [0.4, 0.5) is 8.78 Å². The second-order valence-electron chi connectivity index (χ2n) is 6.65. The van der Waals surface area contributed by atoms with Crippen molar-refractivity contribution in [2.75, 3.05) is 26.7 Å². The minimum absolute atomic E-state index is 0.0650. The molecule has 0 radical (unpaired) electrons. The molecular weight excluding hydrogens is 382 g/mol. The second kappa shape index (κ2) is 9.89. The zero-order valence-corrected chi connectivity index (χ0v) is 16.6. The Balaban J connectivity index is 1.68. The van der Waals surface area contributed by atoms with Gasteiger partial charge in [-0.15, -0.1) is 0 Å². The summed E-state index contributed by atoms with van der Waals surface area (Å²) in [5, 5.41) is 3.00. The number of methoxy groups -OCH3 is 1. The molecule has 0 aliphatic carbocycles. The summed E-state index contributed by atoms with van der Waals surface area (Å²) in [4.78, 5) is 15.4. The van der Waals surface area contributed by atoms with Crippen LogP contribution in [0.2, 0.25) is 0 Å². The summed E-state index contributed by atoms with van der Waals surface area (Å²) in [6, 6.07) is 14.2. The smallest absolute Gasteiger partial charge is 0.288 e. The van der Waals surface area contributed by atoms with Gasteiger partial charge in [-0.2, -0.15) is 8.78 Å². The minimum Gasteiger partial charge on any atom is -0.497 e. The van der Waals surface area contributed by atoms with Crippen molar-refractivity contribution in [3.8, 4) is 5.75 Å². The lowest BCUT2D eigenvalue weighted by molar-refractivity contribution is 0.0938. The van der Waals surface area contributed by atoms with Gasteiger partial charge in [0.25, 0.3) is 11.7 Å². The number of ether oxygens (including phenoxy) is 1. The van der Waals surface area contributed by atoms with Crippen LogP contribution in [0.3, 0.4) is 0 Å². The third-order valence-corrected chi connectivity index (χ3v) is 5.58. The van der Waals surface area contributed by atoms with Gasteiger partial charge in [-0.1, -0.05) is 23.9 Å². The number of thioether (sulfide) groups is 1. The summed E-state index contributed by atoms with van der Waals surface area (Å²) in [7, 11) is 1.64. The molecule has 1 atom stereocenters. The Bertz CT molecular complexity index is 780. The minimum atomic E-state index is -2.47. The number of halogens is 2. The highest BCUT2D eigenvalue weighted by molar-refractivity contribution is 7.99. The Morgan fingerprint density at radius 2 is 1.89 bits per heavy atom. The summed E-state index contributed by atoms with van der Waals surface area (Å²) in [5.74, 6) is -1.88. The first-order valence-corrected chi connectivity index (χ1v) is 10.2. The van der Waals surface area contributed by atoms with Crippen LogP contribution in [0.1, 0.15) is 34.8 Å². The van der Waals surface area contributed by atoms with Crippen LogP contribution in [-0.4, -0.2) is 43.3 Å². The molecule has 2 aromatic carbocycles. The molecule has 150 valence electrons. The predicted molar refractivity (Wildman–Crippen MR) is 107 cm³/mol. The lowest BCUT2D eigenvalue weighted by atomic mass is 10.0. The van der Waals surface area contributed by atoms with Gasteiger partial charge in [0.1, 0.15) is 5.75 Å². The summed E-state index contributed by atoms with van der Waals surface area (Å²) >= 11 is 0.471. The molecule has 0 unspecified atom stereocenters. The first-order valence-electron chi connectivity index (χ1n) is 9.28. The maximum atomic E-state index is 12.5. The Kier molecular flexibility index (Phi) is 7.28. The van der Waals surface area contributed by atoms with E-state index in [1.54, 1.807) is 31.4 Å². The molecule has 7 heteroatoms. The number of rotatable bonds is 8. The lowest BCUT2D eigenvalue weighted by Crippen LogP contribution is -2.36. The van der Waals surface area contributed by atoms with Crippen molar-refractivity contribution in [3.63, 3.8) is 0 Å². The fourth-order valence-corrected chi connectivity index (χ4v) is 3.94. The maximum Gasteiger partial charge on any atom is 0.288 e. The molecule has 1 N–H and O–H groups in total. The van der Waals surface area contributed by atoms with Gasteiger partial charge in [-0.25, -0.2) is 0 Å². The number of nitrogens with zero attached hydrogens (tertiary/aromatic N) is 1. The van der Waals surface area contributed by atoms with E-state index >= 15 is 0 Å². The van der Waals surface area contributed by atoms with Gasteiger partial charge in [0.05, 0.1) is 13.2 Å². The van der Waals surface area contributed by atoms with Crippen LogP contribution >= 0.6 is 11.8 Å². The van der Waals surface area contributed by atoms with E-state index in [1.807, 2.05) is 24.3 Å². The first kappa shape index (κ1) is 20.6. The molecule has 0 saturated carbocycles. The van der Waals surface area contributed by atoms with Crippen LogP contribution < -0.4 is 10.1 Å². The number of benzene rings is 2. The largest absolute Gasteiger partial charge is 0.497 e. The number of amides is 1. The van der Waals surface area contributed by atoms with Gasteiger partial charge in [0.15, 0.2) is 0 Å². The molecule has 0 spiro atoms. The molecule has 4 nitrogen and oxygen atoms in total. The van der Waals surface area contributed by atoms with Gasteiger partial charge in [0, 0.05) is 17.0 Å². The highest BCUT2D eigenvalue weighted by Crippen LogP contribution is 2.28. The van der Waals surface area contributed by atoms with Crippen LogP contribution in [0.25, 0.3) is 0 Å². The van der Waals surface area contributed by atoms with Crippen LogP contribution in [0.5, 0.6) is 5.75 Å². The van der Waals surface area contributed by atoms with Crippen molar-refractivity contribution in [2.24, 2.45) is 0 Å². The van der Waals surface area contributed by atoms with E-state index in [-0.39, 0.29) is 11.9 Å². The van der Waals surface area contributed by atoms with Crippen molar-refractivity contribution in [3.05, 3.63) is 59.7 Å². The molecule has 0 aromatic heterocycles. The van der Waals surface area contributed by atoms with Crippen molar-refractivity contribution < 1.29 is 18.3 Å². The average molecular weight is 406 g/mol. The molecule has 3 rings (SSSR count). The third kappa shape index (κ3) is 5.45. The summed E-state index contributed by atoms with van der Waals surface area (Å²) < 4.78 is 30.2. The van der Waals surface area contributed by atoms with E-state index in [0.29, 0.717) is 28.8 Å². The second-order valence-corrected chi connectivity index (χ2v) is 7.71. The number of hydrogen-bond donors (Lipinski definition) is 1. The molecule has 1 saturated heterocycles. The molecule has 1 aliphatic rings. The van der Waals surface area contributed by atoms with Crippen LogP contribution in [0.15, 0.2) is 53.4 Å². The standard InChI is InChI=1S/C21H24F2N2O2S/c1-27-17-6-4-5-16(13-17)19(25-11-2-3-12-25)14-24-20(26)15-7-9-18(10-8-15)28-21(22)23/h4-10,13,19,21H,2-3,11-12,14H2,1H3,(H,24,26)/t19-/m0/s1. The predicted octanol–water partition coefficient (Wildman–Crippen LogP) is 4.58. The Morgan fingerprint density at radius 3 is 2.54 bits per heavy atom. The highest BCUT2D eigenvalue weighted by atomic mass is 32.2. The van der Waals surface area contributed by atoms with Crippen molar-refractivity contribution in [1.29, 1.82) is 0 Å². The number of alkyl halides is 2. The first-order chi connectivity index (χ1) is 13.6. The van der Waals surface area contributed by atoms with Gasteiger partial charge in [0.2, 0.25) is 0 Å². The van der Waals surface area contributed by atoms with E-state index in [0.717, 1.165) is 37.2 Å². The zero-order chi connectivity index (χ0) is 19.9. The van der Waals surface area contributed by atoms with Crippen molar-refractivity contribution >= 4 is 17.7 Å². The van der Waals surface area contributed by atoms with Crippen molar-refractivity contribution in [1.82, 2.24) is 10.2 Å². The summed E-state index contributed by atoms with van der Waals surface area (Å²) in [5.41, 5.74) is 1.56. The number of carbonyl (C=O) groups is 1. The Hall–Kier alpha value is -2.12. The molecule has 1 aliphatic heterocycles. The fraction of sp³-hybridized carbons (Fsp3) is 0.381. The Labute approximate surface area is 168 Å². The third-order valence-electron chi connectivity index (χ3n) is 4.86. The van der Waals surface area contributed by atoms with Gasteiger partial charge >= 0.3 is 0 Å². The molecule has 0 bridgehead atoms. The van der Waals surface area contributed by atoms with E-state index < -0.39 is 5.76 Å². The lowest BCUT2D eigenvalue weighted by Gasteiger charge is -2.28. The van der Waals surface area contributed by atoms with Gasteiger partial charge in [-0.05, 0) is 67.9 Å². The number of carbonyl (C=O) groups excluding carboxylic acids is 1. The molecule has 2 aromatic rings. The highest BCUT2D eigenvalue weighted by Gasteiger charge is 2.24. The molecular formula is C21H24F2N2O2S. The van der Waals surface area contributed by atoms with Crippen LogP contribution in [-0.2, 0) is 0 Å². The average Bonchev–Trinajstić information content (AvgIpc) is 3.23. The molecule has 28 heavy (non-hydrogen) atoms. The number of hydrogen-bond acceptors (Lipinski definition) is 4. The maximum absolute atomic E-state index is 12.5. The number of likely N-dealkylation sites (tertiary alicyclic amines) is 1. The quantitative estimate of drug-likeness (QED) is 0.652. The molecule has 1 fully saturated rings. The molecule has 1 amide bonds. The summed E-state index contributed by atoms with van der Waals surface area (Å²) in [6.45, 7) is 2.47. The summed E-state index contributed by atoms with van der Waals surface area (Å²) in [6.07, 6.45) is 2.30. The topological polar surface area (TPSA) is 41.6 Å². The fourth-order valence-electron chi connectivity index (χ4n) is 3.44. The zero-order valence-electron chi connectivity index (χ0n) is 15.7. The Morgan fingerprint density at radius 1 is 1.18 bits per heavy atom. The van der Waals surface area contributed by atoms with Crippen molar-refractivity contribution in [2.45, 2.75) is 29.5 Å². The monoisotopic (exact) mass is 406 g/mol. The van der Waals surface area contributed by atoms with Gasteiger partial charge in [-0.3, -0.25) is 9.69 Å². The van der Waals surface area contributed by atoms with E-state index in [2.05, 4.69) is 10.2 Å². The molecule has 1 heterocycles. The number of nitrogens with one attached hydrogen (secondary N) is 1. The van der Waals surface area contributed by atoms with E-state index in [1.165, 1.54) is 0 Å². The SMILES string of the molecule is COc1cccc([C@H](CNC(=O)c2ccc(SC(F)F)cc2)N2CCCC2)c1. The van der Waals surface area contributed by atoms with E-state index in [9.17, 15) is 13.6 Å².